The fourth-order valence-corrected chi connectivity index (χ4v) is 3.12. The summed E-state index contributed by atoms with van der Waals surface area (Å²) in [5, 5.41) is 1.62. The highest BCUT2D eigenvalue weighted by Crippen LogP contribution is 2.27. The number of hydrogen-bond acceptors (Lipinski definition) is 4. The first-order chi connectivity index (χ1) is 6.65. The van der Waals surface area contributed by atoms with E-state index in [2.05, 4.69) is 11.0 Å². The Bertz CT molecular complexity index is 584. The fourth-order valence-electron chi connectivity index (χ4n) is 1.15. The minimum absolute atomic E-state index is 0.267. The van der Waals surface area contributed by atoms with Crippen LogP contribution >= 0.6 is 11.5 Å². The topological polar surface area (TPSA) is 47.0 Å². The molecule has 0 N–H and O–H groups in total. The van der Waals surface area contributed by atoms with Gasteiger partial charge in [-0.1, -0.05) is 24.8 Å². The van der Waals surface area contributed by atoms with E-state index in [-0.39, 0.29) is 4.21 Å². The summed E-state index contributed by atoms with van der Waals surface area (Å²) >= 11 is 0.985. The van der Waals surface area contributed by atoms with E-state index >= 15 is 0 Å². The van der Waals surface area contributed by atoms with Crippen LogP contribution in [-0.4, -0.2) is 12.8 Å². The van der Waals surface area contributed by atoms with Crippen molar-refractivity contribution in [1.82, 2.24) is 4.37 Å². The molecule has 0 radical (unpaired) electrons. The van der Waals surface area contributed by atoms with E-state index in [1.165, 1.54) is 0 Å². The summed E-state index contributed by atoms with van der Waals surface area (Å²) in [7, 11) is -3.36. The maximum Gasteiger partial charge on any atom is 0.210 e. The van der Waals surface area contributed by atoms with Crippen LogP contribution in [0.5, 0.6) is 0 Å². The SMILES string of the molecule is C=CS(=O)(=O)c1snc2ccccc12. The molecule has 0 saturated heterocycles. The summed E-state index contributed by atoms with van der Waals surface area (Å²) in [5.41, 5.74) is 0.706. The Kier molecular flexibility index (Phi) is 2.13. The lowest BCUT2D eigenvalue weighted by Crippen LogP contribution is -1.91. The molecule has 1 heterocycles. The summed E-state index contributed by atoms with van der Waals surface area (Å²) in [6, 6.07) is 7.15. The molecule has 14 heavy (non-hydrogen) atoms. The molecule has 3 nitrogen and oxygen atoms in total. The molecule has 0 atom stereocenters. The van der Waals surface area contributed by atoms with Gasteiger partial charge in [0, 0.05) is 10.8 Å². The Balaban J connectivity index is 2.83. The van der Waals surface area contributed by atoms with Crippen LogP contribution < -0.4 is 0 Å². The lowest BCUT2D eigenvalue weighted by molar-refractivity contribution is 0.607. The van der Waals surface area contributed by atoms with Gasteiger partial charge in [-0.25, -0.2) is 8.42 Å². The molecule has 1 aromatic heterocycles. The third-order valence-electron chi connectivity index (χ3n) is 1.83. The van der Waals surface area contributed by atoms with Crippen LogP contribution in [0, 0.1) is 0 Å². The Morgan fingerprint density at radius 3 is 2.79 bits per heavy atom. The van der Waals surface area contributed by atoms with Crippen molar-refractivity contribution in [1.29, 1.82) is 0 Å². The minimum atomic E-state index is -3.36. The third-order valence-corrected chi connectivity index (χ3v) is 4.60. The molecule has 72 valence electrons. The van der Waals surface area contributed by atoms with Crippen molar-refractivity contribution in [2.24, 2.45) is 0 Å². The predicted molar refractivity (Wildman–Crippen MR) is 57.0 cm³/mol. The molecule has 0 saturated carbocycles. The molecule has 1 aromatic carbocycles. The lowest BCUT2D eigenvalue weighted by atomic mass is 10.3. The molecular formula is C9H7NO2S2. The van der Waals surface area contributed by atoms with Crippen LogP contribution in [0.2, 0.25) is 0 Å². The largest absolute Gasteiger partial charge is 0.218 e. The van der Waals surface area contributed by atoms with E-state index < -0.39 is 9.84 Å². The zero-order valence-electron chi connectivity index (χ0n) is 7.17. The van der Waals surface area contributed by atoms with Gasteiger partial charge in [0.05, 0.1) is 5.52 Å². The summed E-state index contributed by atoms with van der Waals surface area (Å²) in [6.45, 7) is 3.29. The van der Waals surface area contributed by atoms with Crippen LogP contribution in [0.15, 0.2) is 40.5 Å². The fraction of sp³-hybridized carbons (Fsp3) is 0. The lowest BCUT2D eigenvalue weighted by Gasteiger charge is -1.92. The molecule has 0 unspecified atom stereocenters. The third kappa shape index (κ3) is 1.34. The average Bonchev–Trinajstić information content (AvgIpc) is 2.61. The smallest absolute Gasteiger partial charge is 0.210 e. The van der Waals surface area contributed by atoms with E-state index in [9.17, 15) is 8.42 Å². The van der Waals surface area contributed by atoms with Gasteiger partial charge in [0.1, 0.15) is 0 Å². The molecule has 0 amide bonds. The monoisotopic (exact) mass is 225 g/mol. The molecule has 5 heteroatoms. The van der Waals surface area contributed by atoms with Crippen molar-refractivity contribution in [3.63, 3.8) is 0 Å². The average molecular weight is 225 g/mol. The normalized spacial score (nSPS) is 11.7. The maximum atomic E-state index is 11.5. The van der Waals surface area contributed by atoms with Crippen LogP contribution in [0.25, 0.3) is 10.9 Å². The molecule has 0 spiro atoms. The first kappa shape index (κ1) is 9.36. The highest BCUT2D eigenvalue weighted by molar-refractivity contribution is 7.96. The molecule has 0 aliphatic carbocycles. The number of fused-ring (bicyclic) bond motifs is 1. The van der Waals surface area contributed by atoms with Gasteiger partial charge in [0.25, 0.3) is 0 Å². The second-order valence-corrected chi connectivity index (χ2v) is 5.56. The van der Waals surface area contributed by atoms with Crippen molar-refractivity contribution < 1.29 is 8.42 Å². The van der Waals surface area contributed by atoms with Gasteiger partial charge >= 0.3 is 0 Å². The number of benzene rings is 1. The zero-order valence-corrected chi connectivity index (χ0v) is 8.81. The molecule has 0 fully saturated rings. The second kappa shape index (κ2) is 3.18. The highest BCUT2D eigenvalue weighted by atomic mass is 32.2. The molecule has 0 aliphatic heterocycles. The Hall–Kier alpha value is -1.20. The minimum Gasteiger partial charge on any atom is -0.218 e. The number of aromatic nitrogens is 1. The van der Waals surface area contributed by atoms with Crippen LogP contribution in [0.1, 0.15) is 0 Å². The van der Waals surface area contributed by atoms with Gasteiger partial charge in [-0.2, -0.15) is 4.37 Å². The summed E-state index contributed by atoms with van der Waals surface area (Å²) in [6.07, 6.45) is 0. The van der Waals surface area contributed by atoms with Gasteiger partial charge in [-0.15, -0.1) is 0 Å². The predicted octanol–water partition coefficient (Wildman–Crippen LogP) is 2.21. The number of hydrogen-bond donors (Lipinski definition) is 0. The van der Waals surface area contributed by atoms with Crippen molar-refractivity contribution in [3.8, 4) is 0 Å². The maximum absolute atomic E-state index is 11.5. The van der Waals surface area contributed by atoms with E-state index in [4.69, 9.17) is 0 Å². The first-order valence-corrected chi connectivity index (χ1v) is 6.19. The zero-order chi connectivity index (χ0) is 10.2. The molecule has 0 aliphatic rings. The number of nitrogens with zero attached hydrogens (tertiary/aromatic N) is 1. The quantitative estimate of drug-likeness (QED) is 0.787. The molecule has 0 bridgehead atoms. The summed E-state index contributed by atoms with van der Waals surface area (Å²) in [5.74, 6) is 0. The van der Waals surface area contributed by atoms with Gasteiger partial charge in [0.2, 0.25) is 9.84 Å². The van der Waals surface area contributed by atoms with E-state index in [1.807, 2.05) is 6.07 Å². The second-order valence-electron chi connectivity index (χ2n) is 2.70. The van der Waals surface area contributed by atoms with Crippen LogP contribution in [0.4, 0.5) is 0 Å². The summed E-state index contributed by atoms with van der Waals surface area (Å²) < 4.78 is 27.4. The van der Waals surface area contributed by atoms with Crippen molar-refractivity contribution in [3.05, 3.63) is 36.3 Å². The standard InChI is InChI=1S/C9H7NO2S2/c1-2-14(11,12)9-7-5-3-4-6-8(7)10-13-9/h2-6H,1H2. The number of sulfone groups is 1. The highest BCUT2D eigenvalue weighted by Gasteiger charge is 2.16. The van der Waals surface area contributed by atoms with Gasteiger partial charge in [0.15, 0.2) is 4.21 Å². The van der Waals surface area contributed by atoms with Gasteiger partial charge < -0.3 is 0 Å². The van der Waals surface area contributed by atoms with Crippen molar-refractivity contribution in [2.45, 2.75) is 4.21 Å². The van der Waals surface area contributed by atoms with Gasteiger partial charge in [-0.05, 0) is 17.6 Å². The molecular weight excluding hydrogens is 218 g/mol. The number of rotatable bonds is 2. The Morgan fingerprint density at radius 2 is 2.07 bits per heavy atom. The Labute approximate surface area is 85.8 Å². The van der Waals surface area contributed by atoms with E-state index in [1.54, 1.807) is 18.2 Å². The molecule has 2 aromatic rings. The Morgan fingerprint density at radius 1 is 1.36 bits per heavy atom. The van der Waals surface area contributed by atoms with Crippen LogP contribution in [-0.2, 0) is 9.84 Å². The van der Waals surface area contributed by atoms with Gasteiger partial charge in [-0.3, -0.25) is 0 Å². The van der Waals surface area contributed by atoms with Crippen LogP contribution in [0.3, 0.4) is 0 Å². The first-order valence-electron chi connectivity index (χ1n) is 3.87. The van der Waals surface area contributed by atoms with E-state index in [0.717, 1.165) is 16.9 Å². The van der Waals surface area contributed by atoms with Crippen molar-refractivity contribution in [2.75, 3.05) is 0 Å². The molecule has 2 rings (SSSR count). The van der Waals surface area contributed by atoms with E-state index in [0.29, 0.717) is 10.9 Å². The van der Waals surface area contributed by atoms with Crippen molar-refractivity contribution >= 4 is 32.3 Å². The summed E-state index contributed by atoms with van der Waals surface area (Å²) in [4.78, 5) is 0.